The summed E-state index contributed by atoms with van der Waals surface area (Å²) >= 11 is 6.07. The summed E-state index contributed by atoms with van der Waals surface area (Å²) in [5.74, 6) is -0.677. The SMILES string of the molecule is CC(=O)N[C@@]1(C)C[C@@H](c2ccc(Cl)cc2)O[C@@H](c2ccc(C(C)(C)C)cc2OCC(=O)O)C1. The van der Waals surface area contributed by atoms with Gasteiger partial charge >= 0.3 is 5.97 Å². The molecule has 0 aliphatic carbocycles. The van der Waals surface area contributed by atoms with E-state index in [1.165, 1.54) is 6.92 Å². The Morgan fingerprint density at radius 1 is 1.15 bits per heavy atom. The van der Waals surface area contributed by atoms with Gasteiger partial charge in [0.2, 0.25) is 5.91 Å². The van der Waals surface area contributed by atoms with Crippen molar-refractivity contribution in [2.75, 3.05) is 6.61 Å². The van der Waals surface area contributed by atoms with E-state index in [4.69, 9.17) is 21.1 Å². The molecule has 2 aromatic carbocycles. The number of hydrogen-bond acceptors (Lipinski definition) is 4. The molecule has 0 unspecified atom stereocenters. The Morgan fingerprint density at radius 3 is 2.36 bits per heavy atom. The van der Waals surface area contributed by atoms with Crippen LogP contribution in [0.2, 0.25) is 5.02 Å². The molecule has 0 aromatic heterocycles. The number of carbonyl (C=O) groups excluding carboxylic acids is 1. The van der Waals surface area contributed by atoms with Crippen molar-refractivity contribution in [3.05, 3.63) is 64.2 Å². The van der Waals surface area contributed by atoms with Crippen LogP contribution in [0, 0.1) is 0 Å². The summed E-state index contributed by atoms with van der Waals surface area (Å²) in [5.41, 5.74) is 2.09. The van der Waals surface area contributed by atoms with Crippen LogP contribution in [0.5, 0.6) is 5.75 Å². The number of benzene rings is 2. The van der Waals surface area contributed by atoms with Crippen LogP contribution in [-0.4, -0.2) is 29.1 Å². The Kier molecular flexibility index (Phi) is 7.39. The molecule has 0 bridgehead atoms. The second-order valence-corrected chi connectivity index (χ2v) is 10.4. The summed E-state index contributed by atoms with van der Waals surface area (Å²) in [6.07, 6.45) is 0.423. The molecule has 0 spiro atoms. The number of halogens is 1. The van der Waals surface area contributed by atoms with E-state index in [-0.39, 0.29) is 17.4 Å². The van der Waals surface area contributed by atoms with E-state index in [0.717, 1.165) is 16.7 Å². The van der Waals surface area contributed by atoms with Crippen molar-refractivity contribution in [1.82, 2.24) is 5.32 Å². The van der Waals surface area contributed by atoms with Crippen molar-refractivity contribution in [3.8, 4) is 5.75 Å². The topological polar surface area (TPSA) is 84.9 Å². The molecule has 1 aliphatic heterocycles. The van der Waals surface area contributed by atoms with Crippen LogP contribution in [0.15, 0.2) is 42.5 Å². The standard InChI is InChI=1S/C26H32ClNO5/c1-16(29)28-26(5)13-22(17-6-9-19(27)10-7-17)33-23(14-26)20-11-8-18(25(2,3)4)12-21(20)32-15-24(30)31/h6-12,22-23H,13-15H2,1-5H3,(H,28,29)(H,30,31)/t22-,23+,26-/m0/s1. The number of carboxylic acids is 1. The lowest BCUT2D eigenvalue weighted by Gasteiger charge is -2.43. The number of ether oxygens (including phenoxy) is 2. The van der Waals surface area contributed by atoms with Crippen LogP contribution < -0.4 is 10.1 Å². The monoisotopic (exact) mass is 473 g/mol. The van der Waals surface area contributed by atoms with Crippen LogP contribution in [0.4, 0.5) is 0 Å². The Balaban J connectivity index is 2.03. The lowest BCUT2D eigenvalue weighted by atomic mass is 9.80. The maximum Gasteiger partial charge on any atom is 0.341 e. The summed E-state index contributed by atoms with van der Waals surface area (Å²) in [7, 11) is 0. The van der Waals surface area contributed by atoms with E-state index >= 15 is 0 Å². The predicted molar refractivity (Wildman–Crippen MR) is 128 cm³/mol. The minimum Gasteiger partial charge on any atom is -0.482 e. The highest BCUT2D eigenvalue weighted by Gasteiger charge is 2.41. The minimum absolute atomic E-state index is 0.113. The third kappa shape index (κ3) is 6.49. The van der Waals surface area contributed by atoms with Gasteiger partial charge in [-0.1, -0.05) is 56.6 Å². The summed E-state index contributed by atoms with van der Waals surface area (Å²) in [4.78, 5) is 23.2. The second kappa shape index (κ2) is 9.74. The third-order valence-electron chi connectivity index (χ3n) is 5.90. The Morgan fingerprint density at radius 2 is 1.79 bits per heavy atom. The molecular weight excluding hydrogens is 442 g/mol. The summed E-state index contributed by atoms with van der Waals surface area (Å²) < 4.78 is 12.2. The van der Waals surface area contributed by atoms with E-state index in [1.54, 1.807) is 0 Å². The first-order chi connectivity index (χ1) is 15.4. The van der Waals surface area contributed by atoms with E-state index in [0.29, 0.717) is 23.6 Å². The van der Waals surface area contributed by atoms with Gasteiger partial charge in [0.25, 0.3) is 0 Å². The van der Waals surface area contributed by atoms with E-state index in [2.05, 4.69) is 26.1 Å². The van der Waals surface area contributed by atoms with Gasteiger partial charge in [0.1, 0.15) is 5.75 Å². The number of amides is 1. The first kappa shape index (κ1) is 25.1. The molecule has 2 N–H and O–H groups in total. The molecule has 1 aliphatic rings. The second-order valence-electron chi connectivity index (χ2n) is 10.0. The summed E-state index contributed by atoms with van der Waals surface area (Å²) in [5, 5.41) is 12.9. The van der Waals surface area contributed by atoms with Crippen LogP contribution in [-0.2, 0) is 19.7 Å². The Labute approximate surface area is 200 Å². The van der Waals surface area contributed by atoms with E-state index in [9.17, 15) is 14.7 Å². The van der Waals surface area contributed by atoms with Crippen LogP contribution >= 0.6 is 11.6 Å². The van der Waals surface area contributed by atoms with Gasteiger partial charge in [-0.05, 0) is 41.7 Å². The molecule has 0 saturated carbocycles. The number of hydrogen-bond donors (Lipinski definition) is 2. The molecule has 33 heavy (non-hydrogen) atoms. The van der Waals surface area contributed by atoms with Crippen molar-refractivity contribution in [2.24, 2.45) is 0 Å². The number of carboxylic acid groups (broad SMARTS) is 1. The first-order valence-electron chi connectivity index (χ1n) is 11.0. The normalized spacial score (nSPS) is 23.1. The van der Waals surface area contributed by atoms with Gasteiger partial charge in [-0.25, -0.2) is 4.79 Å². The smallest absolute Gasteiger partial charge is 0.341 e. The van der Waals surface area contributed by atoms with Gasteiger partial charge < -0.3 is 19.9 Å². The van der Waals surface area contributed by atoms with Gasteiger partial charge in [0, 0.05) is 35.9 Å². The van der Waals surface area contributed by atoms with Gasteiger partial charge in [0.15, 0.2) is 6.61 Å². The maximum atomic E-state index is 12.0. The highest BCUT2D eigenvalue weighted by molar-refractivity contribution is 6.30. The van der Waals surface area contributed by atoms with Crippen molar-refractivity contribution in [2.45, 2.75) is 70.6 Å². The molecular formula is C26H32ClNO5. The Hall–Kier alpha value is -2.57. The lowest BCUT2D eigenvalue weighted by molar-refractivity contribution is -0.139. The van der Waals surface area contributed by atoms with Crippen molar-refractivity contribution in [3.63, 3.8) is 0 Å². The maximum absolute atomic E-state index is 12.0. The van der Waals surface area contributed by atoms with E-state index < -0.39 is 24.2 Å². The average molecular weight is 474 g/mol. The molecule has 7 heteroatoms. The molecule has 3 rings (SSSR count). The molecule has 1 fully saturated rings. The lowest BCUT2D eigenvalue weighted by Crippen LogP contribution is -2.50. The van der Waals surface area contributed by atoms with Gasteiger partial charge in [-0.15, -0.1) is 0 Å². The largest absolute Gasteiger partial charge is 0.482 e. The molecule has 6 nitrogen and oxygen atoms in total. The number of carbonyl (C=O) groups is 2. The summed E-state index contributed by atoms with van der Waals surface area (Å²) in [6.45, 7) is 9.33. The molecule has 178 valence electrons. The number of rotatable bonds is 6. The van der Waals surface area contributed by atoms with Crippen molar-refractivity contribution in [1.29, 1.82) is 0 Å². The number of nitrogens with one attached hydrogen (secondary N) is 1. The quantitative estimate of drug-likeness (QED) is 0.571. The van der Waals surface area contributed by atoms with Crippen molar-refractivity contribution >= 4 is 23.5 Å². The summed E-state index contributed by atoms with van der Waals surface area (Å²) in [6, 6.07) is 13.3. The van der Waals surface area contributed by atoms with E-state index in [1.807, 2.05) is 49.4 Å². The third-order valence-corrected chi connectivity index (χ3v) is 6.15. The minimum atomic E-state index is -1.05. The highest BCUT2D eigenvalue weighted by Crippen LogP contribution is 2.46. The molecule has 1 amide bonds. The fraction of sp³-hybridized carbons (Fsp3) is 0.462. The van der Waals surface area contributed by atoms with Crippen LogP contribution in [0.1, 0.15) is 76.4 Å². The molecule has 1 heterocycles. The van der Waals surface area contributed by atoms with Crippen LogP contribution in [0.25, 0.3) is 0 Å². The zero-order valence-electron chi connectivity index (χ0n) is 19.8. The fourth-order valence-corrected chi connectivity index (χ4v) is 4.44. The van der Waals surface area contributed by atoms with Gasteiger partial charge in [-0.3, -0.25) is 4.79 Å². The molecule has 0 radical (unpaired) electrons. The van der Waals surface area contributed by atoms with Crippen molar-refractivity contribution < 1.29 is 24.2 Å². The van der Waals surface area contributed by atoms with Gasteiger partial charge in [0.05, 0.1) is 12.2 Å². The average Bonchev–Trinajstić information content (AvgIpc) is 2.70. The van der Waals surface area contributed by atoms with Gasteiger partial charge in [-0.2, -0.15) is 0 Å². The fourth-order valence-electron chi connectivity index (χ4n) is 4.31. The zero-order valence-corrected chi connectivity index (χ0v) is 20.5. The zero-order chi connectivity index (χ0) is 24.4. The molecule has 2 aromatic rings. The molecule has 3 atom stereocenters. The first-order valence-corrected chi connectivity index (χ1v) is 11.4. The predicted octanol–water partition coefficient (Wildman–Crippen LogP) is 5.59. The van der Waals surface area contributed by atoms with Crippen LogP contribution in [0.3, 0.4) is 0 Å². The molecule has 1 saturated heterocycles. The number of aliphatic carboxylic acids is 1. The highest BCUT2D eigenvalue weighted by atomic mass is 35.5. The Bertz CT molecular complexity index is 1010.